The highest BCUT2D eigenvalue weighted by molar-refractivity contribution is 6.24. The van der Waals surface area contributed by atoms with Crippen LogP contribution in [0, 0.1) is 5.41 Å². The van der Waals surface area contributed by atoms with Gasteiger partial charge in [-0.2, -0.15) is 0 Å². The molecule has 1 aromatic carbocycles. The lowest BCUT2D eigenvalue weighted by molar-refractivity contribution is -0.303. The van der Waals surface area contributed by atoms with Gasteiger partial charge in [0.2, 0.25) is 0 Å². The van der Waals surface area contributed by atoms with Gasteiger partial charge in [-0.15, -0.1) is 0 Å². The number of carbonyl (C=O) groups is 2. The summed E-state index contributed by atoms with van der Waals surface area (Å²) in [5, 5.41) is 21.5. The van der Waals surface area contributed by atoms with Crippen LogP contribution in [0.15, 0.2) is 34.5 Å². The number of benzene rings is 1. The molecule has 0 heterocycles. The molecule has 29 heavy (non-hydrogen) atoms. The molecule has 158 valence electrons. The number of ether oxygens (including phenoxy) is 2. The third-order valence-corrected chi connectivity index (χ3v) is 4.52. The number of rotatable bonds is 9. The topological polar surface area (TPSA) is 108 Å². The number of Topliss-reactive ketones (excluding diaryl/α,β-unsaturated/α-hetero) is 1. The molecule has 1 aromatic rings. The zero-order chi connectivity index (χ0) is 21.6. The molecule has 0 amide bonds. The monoisotopic (exact) mass is 402 g/mol. The van der Waals surface area contributed by atoms with Crippen LogP contribution < -0.4 is 14.6 Å². The van der Waals surface area contributed by atoms with Crippen LogP contribution in [-0.4, -0.2) is 42.3 Å². The average Bonchev–Trinajstić information content (AvgIpc) is 2.60. The maximum atomic E-state index is 12.7. The van der Waals surface area contributed by atoms with Crippen molar-refractivity contribution in [2.75, 3.05) is 19.8 Å². The van der Waals surface area contributed by atoms with Crippen LogP contribution in [0.5, 0.6) is 11.5 Å². The SMILES string of the molecule is CCOc1ccc(CC(=NCC(=O)[O-])C2=C(O)CC(C)(C)CC2=O)cc1OCC. The van der Waals surface area contributed by atoms with Gasteiger partial charge in [-0.3, -0.25) is 9.79 Å². The van der Waals surface area contributed by atoms with Gasteiger partial charge >= 0.3 is 0 Å². The summed E-state index contributed by atoms with van der Waals surface area (Å²) in [5.41, 5.74) is 0.744. The zero-order valence-electron chi connectivity index (χ0n) is 17.4. The molecule has 7 nitrogen and oxygen atoms in total. The Morgan fingerprint density at radius 2 is 1.83 bits per heavy atom. The van der Waals surface area contributed by atoms with Crippen molar-refractivity contribution >= 4 is 17.5 Å². The van der Waals surface area contributed by atoms with E-state index in [9.17, 15) is 19.8 Å². The van der Waals surface area contributed by atoms with Crippen LogP contribution >= 0.6 is 0 Å². The number of allylic oxidation sites excluding steroid dienone is 2. The third kappa shape index (κ3) is 6.07. The largest absolute Gasteiger partial charge is 0.548 e. The molecule has 0 bridgehead atoms. The van der Waals surface area contributed by atoms with E-state index in [1.54, 1.807) is 18.2 Å². The van der Waals surface area contributed by atoms with Crippen molar-refractivity contribution in [2.45, 2.75) is 47.0 Å². The number of hydrogen-bond donors (Lipinski definition) is 1. The van der Waals surface area contributed by atoms with E-state index in [0.717, 1.165) is 5.56 Å². The molecule has 0 aromatic heterocycles. The fourth-order valence-electron chi connectivity index (χ4n) is 3.40. The van der Waals surface area contributed by atoms with E-state index in [0.29, 0.717) is 31.1 Å². The minimum Gasteiger partial charge on any atom is -0.548 e. The predicted molar refractivity (Wildman–Crippen MR) is 107 cm³/mol. The van der Waals surface area contributed by atoms with Gasteiger partial charge in [0.05, 0.1) is 37.0 Å². The Balaban J connectivity index is 2.42. The van der Waals surface area contributed by atoms with E-state index in [4.69, 9.17) is 9.47 Å². The summed E-state index contributed by atoms with van der Waals surface area (Å²) in [4.78, 5) is 27.7. The molecule has 2 rings (SSSR count). The van der Waals surface area contributed by atoms with Crippen LogP contribution in [0.2, 0.25) is 0 Å². The number of carboxylic acid groups (broad SMARTS) is 1. The molecule has 0 aliphatic heterocycles. The molecule has 0 saturated heterocycles. The molecule has 1 N–H and O–H groups in total. The molecule has 0 radical (unpaired) electrons. The quantitative estimate of drug-likeness (QED) is 0.636. The minimum absolute atomic E-state index is 0.0562. The van der Waals surface area contributed by atoms with Gasteiger partial charge in [-0.1, -0.05) is 19.9 Å². The first-order valence-electron chi connectivity index (χ1n) is 9.74. The standard InChI is InChI=1S/C22H29NO6/c1-5-28-18-8-7-14(10-19(18)29-6-2)9-15(23-13-20(26)27)21-16(24)11-22(3,4)12-17(21)25/h7-8,10,24H,5-6,9,11-13H2,1-4H3,(H,26,27)/p-1. The average molecular weight is 402 g/mol. The van der Waals surface area contributed by atoms with Crippen LogP contribution in [0.4, 0.5) is 0 Å². The Morgan fingerprint density at radius 1 is 1.17 bits per heavy atom. The molecular weight excluding hydrogens is 374 g/mol. The molecule has 1 aliphatic rings. The number of aliphatic imine (C=N–C) groups is 1. The number of carboxylic acids is 1. The fraction of sp³-hybridized carbons (Fsp3) is 0.500. The molecular formula is C22H28NO6-. The maximum absolute atomic E-state index is 12.7. The summed E-state index contributed by atoms with van der Waals surface area (Å²) in [5.74, 6) is -0.497. The van der Waals surface area contributed by atoms with Gasteiger partial charge in [0.1, 0.15) is 5.76 Å². The van der Waals surface area contributed by atoms with Crippen LogP contribution in [0.25, 0.3) is 0 Å². The highest BCUT2D eigenvalue weighted by atomic mass is 16.5. The molecule has 0 fully saturated rings. The Hall–Kier alpha value is -2.83. The van der Waals surface area contributed by atoms with Gasteiger partial charge in [0, 0.05) is 19.3 Å². The first-order valence-corrected chi connectivity index (χ1v) is 9.74. The van der Waals surface area contributed by atoms with Gasteiger partial charge < -0.3 is 24.5 Å². The van der Waals surface area contributed by atoms with Crippen molar-refractivity contribution < 1.29 is 29.3 Å². The second-order valence-corrected chi connectivity index (χ2v) is 7.72. The Morgan fingerprint density at radius 3 is 2.41 bits per heavy atom. The van der Waals surface area contributed by atoms with E-state index in [-0.39, 0.29) is 41.1 Å². The highest BCUT2D eigenvalue weighted by Gasteiger charge is 2.35. The number of aliphatic hydroxyl groups excluding tert-OH is 1. The summed E-state index contributed by atoms with van der Waals surface area (Å²) >= 11 is 0. The van der Waals surface area contributed by atoms with Crippen molar-refractivity contribution in [1.82, 2.24) is 0 Å². The third-order valence-electron chi connectivity index (χ3n) is 4.52. The Bertz CT molecular complexity index is 838. The molecule has 0 unspecified atom stereocenters. The van der Waals surface area contributed by atoms with Crippen LogP contribution in [0.3, 0.4) is 0 Å². The lowest BCUT2D eigenvalue weighted by Gasteiger charge is -2.30. The van der Waals surface area contributed by atoms with Crippen molar-refractivity contribution in [2.24, 2.45) is 10.4 Å². The summed E-state index contributed by atoms with van der Waals surface area (Å²) in [6.07, 6.45) is 0.751. The number of aliphatic hydroxyl groups is 1. The first-order chi connectivity index (χ1) is 13.7. The molecule has 1 aliphatic carbocycles. The fourth-order valence-corrected chi connectivity index (χ4v) is 3.40. The lowest BCUT2D eigenvalue weighted by Crippen LogP contribution is -2.31. The van der Waals surface area contributed by atoms with Gasteiger partial charge in [0.15, 0.2) is 17.3 Å². The number of ketones is 1. The molecule has 0 spiro atoms. The Kier molecular flexibility index (Phi) is 7.42. The smallest absolute Gasteiger partial charge is 0.168 e. The second kappa shape index (κ2) is 9.58. The van der Waals surface area contributed by atoms with Crippen LogP contribution in [-0.2, 0) is 16.0 Å². The summed E-state index contributed by atoms with van der Waals surface area (Å²) in [6, 6.07) is 5.34. The maximum Gasteiger partial charge on any atom is 0.168 e. The van der Waals surface area contributed by atoms with Gasteiger partial charge in [0.25, 0.3) is 0 Å². The Labute approximate surface area is 171 Å². The second-order valence-electron chi connectivity index (χ2n) is 7.72. The number of carbonyl (C=O) groups excluding carboxylic acids is 2. The number of hydrogen-bond acceptors (Lipinski definition) is 7. The highest BCUT2D eigenvalue weighted by Crippen LogP contribution is 2.37. The summed E-state index contributed by atoms with van der Waals surface area (Å²) in [6.45, 7) is 7.89. The number of aliphatic carboxylic acids is 1. The van der Waals surface area contributed by atoms with E-state index in [1.807, 2.05) is 27.7 Å². The van der Waals surface area contributed by atoms with E-state index in [1.165, 1.54) is 0 Å². The van der Waals surface area contributed by atoms with Crippen LogP contribution in [0.1, 0.15) is 46.1 Å². The van der Waals surface area contributed by atoms with E-state index >= 15 is 0 Å². The molecule has 0 atom stereocenters. The van der Waals surface area contributed by atoms with Gasteiger partial charge in [-0.05, 0) is 37.0 Å². The molecule has 7 heteroatoms. The molecule has 0 saturated carbocycles. The lowest BCUT2D eigenvalue weighted by atomic mass is 9.75. The normalized spacial score (nSPS) is 16.7. The predicted octanol–water partition coefficient (Wildman–Crippen LogP) is 2.42. The zero-order valence-corrected chi connectivity index (χ0v) is 17.4. The van der Waals surface area contributed by atoms with E-state index < -0.39 is 12.5 Å². The van der Waals surface area contributed by atoms with Crippen molar-refractivity contribution in [3.05, 3.63) is 35.1 Å². The van der Waals surface area contributed by atoms with Crippen molar-refractivity contribution in [3.63, 3.8) is 0 Å². The minimum atomic E-state index is -1.35. The first kappa shape index (κ1) is 22.5. The summed E-state index contributed by atoms with van der Waals surface area (Å²) in [7, 11) is 0. The van der Waals surface area contributed by atoms with Crippen molar-refractivity contribution in [3.8, 4) is 11.5 Å². The van der Waals surface area contributed by atoms with Gasteiger partial charge in [-0.25, -0.2) is 0 Å². The summed E-state index contributed by atoms with van der Waals surface area (Å²) < 4.78 is 11.2. The van der Waals surface area contributed by atoms with E-state index in [2.05, 4.69) is 4.99 Å². The number of nitrogens with zero attached hydrogens (tertiary/aromatic N) is 1. The van der Waals surface area contributed by atoms with Crippen molar-refractivity contribution in [1.29, 1.82) is 0 Å².